The van der Waals surface area contributed by atoms with Crippen LogP contribution in [0.3, 0.4) is 0 Å². The summed E-state index contributed by atoms with van der Waals surface area (Å²) < 4.78 is 4.87. The number of hydrogen-bond acceptors (Lipinski definition) is 4. The van der Waals surface area contributed by atoms with Gasteiger partial charge in [-0.15, -0.1) is 0 Å². The summed E-state index contributed by atoms with van der Waals surface area (Å²) in [5, 5.41) is 15.0. The SMILES string of the molecule is CC(=O)NC(C)c1onc(C)c1C(=O)O. The van der Waals surface area contributed by atoms with E-state index in [1.807, 2.05) is 0 Å². The van der Waals surface area contributed by atoms with Crippen LogP contribution in [0, 0.1) is 6.92 Å². The number of rotatable bonds is 3. The smallest absolute Gasteiger partial charge is 0.341 e. The van der Waals surface area contributed by atoms with E-state index in [0.717, 1.165) is 0 Å². The Labute approximate surface area is 86.3 Å². The van der Waals surface area contributed by atoms with Crippen LogP contribution in [0.1, 0.15) is 41.7 Å². The second-order valence-corrected chi connectivity index (χ2v) is 3.23. The monoisotopic (exact) mass is 212 g/mol. The van der Waals surface area contributed by atoms with Crippen molar-refractivity contribution in [2.75, 3.05) is 0 Å². The van der Waals surface area contributed by atoms with E-state index in [9.17, 15) is 9.59 Å². The summed E-state index contributed by atoms with van der Waals surface area (Å²) in [5.74, 6) is -1.20. The van der Waals surface area contributed by atoms with Crippen LogP contribution < -0.4 is 5.32 Å². The maximum Gasteiger partial charge on any atom is 0.341 e. The fourth-order valence-electron chi connectivity index (χ4n) is 1.31. The number of aromatic carboxylic acids is 1. The average Bonchev–Trinajstić information content (AvgIpc) is 2.45. The molecular formula is C9H12N2O4. The third-order valence-electron chi connectivity index (χ3n) is 1.92. The number of carbonyl (C=O) groups is 2. The number of carboxylic acids is 1. The molecular weight excluding hydrogens is 200 g/mol. The molecule has 6 heteroatoms. The number of amides is 1. The van der Waals surface area contributed by atoms with Crippen molar-refractivity contribution in [3.8, 4) is 0 Å². The number of aryl methyl sites for hydroxylation is 1. The molecule has 0 aliphatic carbocycles. The third-order valence-corrected chi connectivity index (χ3v) is 1.92. The number of nitrogens with one attached hydrogen (secondary N) is 1. The Morgan fingerprint density at radius 3 is 2.60 bits per heavy atom. The number of nitrogens with zero attached hydrogens (tertiary/aromatic N) is 1. The number of aromatic nitrogens is 1. The first-order chi connectivity index (χ1) is 6.93. The van der Waals surface area contributed by atoms with E-state index in [-0.39, 0.29) is 17.2 Å². The minimum absolute atomic E-state index is 0.0104. The molecule has 1 aromatic heterocycles. The molecule has 0 saturated heterocycles. The van der Waals surface area contributed by atoms with Gasteiger partial charge in [0.2, 0.25) is 5.91 Å². The second-order valence-electron chi connectivity index (χ2n) is 3.23. The van der Waals surface area contributed by atoms with E-state index >= 15 is 0 Å². The number of carbonyl (C=O) groups excluding carboxylic acids is 1. The number of hydrogen-bond donors (Lipinski definition) is 2. The second kappa shape index (κ2) is 4.12. The Kier molecular flexibility index (Phi) is 3.08. The van der Waals surface area contributed by atoms with Gasteiger partial charge in [-0.1, -0.05) is 5.16 Å². The van der Waals surface area contributed by atoms with Crippen LogP contribution in [-0.4, -0.2) is 22.1 Å². The zero-order valence-electron chi connectivity index (χ0n) is 8.70. The van der Waals surface area contributed by atoms with Crippen molar-refractivity contribution in [1.82, 2.24) is 10.5 Å². The Balaban J connectivity index is 3.03. The predicted molar refractivity (Wildman–Crippen MR) is 50.4 cm³/mol. The van der Waals surface area contributed by atoms with E-state index in [4.69, 9.17) is 9.63 Å². The van der Waals surface area contributed by atoms with Crippen LogP contribution in [-0.2, 0) is 4.79 Å². The quantitative estimate of drug-likeness (QED) is 0.775. The van der Waals surface area contributed by atoms with Gasteiger partial charge in [0.1, 0.15) is 5.56 Å². The summed E-state index contributed by atoms with van der Waals surface area (Å²) in [4.78, 5) is 21.7. The van der Waals surface area contributed by atoms with Crippen LogP contribution in [0.5, 0.6) is 0 Å². The van der Waals surface area contributed by atoms with Crippen molar-refractivity contribution in [3.05, 3.63) is 17.0 Å². The maximum atomic E-state index is 10.9. The van der Waals surface area contributed by atoms with Gasteiger partial charge < -0.3 is 14.9 Å². The maximum absolute atomic E-state index is 10.9. The molecule has 0 aromatic carbocycles. The first kappa shape index (κ1) is 11.2. The topological polar surface area (TPSA) is 92.4 Å². The highest BCUT2D eigenvalue weighted by Crippen LogP contribution is 2.20. The normalized spacial score (nSPS) is 12.2. The van der Waals surface area contributed by atoms with Crippen LogP contribution in [0.15, 0.2) is 4.52 Å². The van der Waals surface area contributed by atoms with Crippen LogP contribution in [0.4, 0.5) is 0 Å². The Hall–Kier alpha value is -1.85. The molecule has 1 aromatic rings. The van der Waals surface area contributed by atoms with Gasteiger partial charge in [-0.2, -0.15) is 0 Å². The van der Waals surface area contributed by atoms with Gasteiger partial charge in [0.25, 0.3) is 0 Å². The van der Waals surface area contributed by atoms with Crippen molar-refractivity contribution >= 4 is 11.9 Å². The molecule has 1 heterocycles. The van der Waals surface area contributed by atoms with E-state index < -0.39 is 12.0 Å². The Morgan fingerprint density at radius 1 is 1.53 bits per heavy atom. The zero-order valence-corrected chi connectivity index (χ0v) is 8.70. The summed E-state index contributed by atoms with van der Waals surface area (Å²) in [6, 6.07) is -0.505. The van der Waals surface area contributed by atoms with Gasteiger partial charge in [0.15, 0.2) is 5.76 Å². The largest absolute Gasteiger partial charge is 0.477 e. The van der Waals surface area contributed by atoms with E-state index in [1.165, 1.54) is 13.8 Å². The van der Waals surface area contributed by atoms with Gasteiger partial charge in [-0.3, -0.25) is 4.79 Å². The van der Waals surface area contributed by atoms with Crippen molar-refractivity contribution in [2.24, 2.45) is 0 Å². The lowest BCUT2D eigenvalue weighted by Gasteiger charge is -2.09. The predicted octanol–water partition coefficient (Wildman–Crippen LogP) is 0.878. The molecule has 1 amide bonds. The first-order valence-electron chi connectivity index (χ1n) is 4.40. The van der Waals surface area contributed by atoms with Gasteiger partial charge in [0, 0.05) is 6.92 Å². The third kappa shape index (κ3) is 2.34. The van der Waals surface area contributed by atoms with Crippen LogP contribution in [0.25, 0.3) is 0 Å². The Morgan fingerprint density at radius 2 is 2.13 bits per heavy atom. The summed E-state index contributed by atoms with van der Waals surface area (Å²) in [6.45, 7) is 4.52. The van der Waals surface area contributed by atoms with E-state index in [0.29, 0.717) is 5.69 Å². The molecule has 0 radical (unpaired) electrons. The summed E-state index contributed by atoms with van der Waals surface area (Å²) in [5.41, 5.74) is 0.311. The molecule has 0 spiro atoms. The minimum Gasteiger partial charge on any atom is -0.477 e. The van der Waals surface area contributed by atoms with Gasteiger partial charge in [-0.25, -0.2) is 4.79 Å². The summed E-state index contributed by atoms with van der Waals surface area (Å²) >= 11 is 0. The molecule has 0 aliphatic rings. The first-order valence-corrected chi connectivity index (χ1v) is 4.40. The van der Waals surface area contributed by atoms with Crippen molar-refractivity contribution in [2.45, 2.75) is 26.8 Å². The zero-order chi connectivity index (χ0) is 11.6. The summed E-state index contributed by atoms with van der Waals surface area (Å²) in [7, 11) is 0. The molecule has 1 atom stereocenters. The molecule has 0 saturated carbocycles. The number of carboxylic acid groups (broad SMARTS) is 1. The van der Waals surface area contributed by atoms with Gasteiger partial charge in [-0.05, 0) is 13.8 Å². The van der Waals surface area contributed by atoms with Crippen molar-refractivity contribution in [1.29, 1.82) is 0 Å². The highest BCUT2D eigenvalue weighted by Gasteiger charge is 2.24. The van der Waals surface area contributed by atoms with Crippen molar-refractivity contribution in [3.63, 3.8) is 0 Å². The molecule has 1 unspecified atom stereocenters. The lowest BCUT2D eigenvalue weighted by Crippen LogP contribution is -2.24. The molecule has 82 valence electrons. The van der Waals surface area contributed by atoms with Gasteiger partial charge in [0.05, 0.1) is 11.7 Å². The van der Waals surface area contributed by atoms with E-state index in [1.54, 1.807) is 6.92 Å². The fourth-order valence-corrected chi connectivity index (χ4v) is 1.31. The highest BCUT2D eigenvalue weighted by molar-refractivity contribution is 5.90. The molecule has 6 nitrogen and oxygen atoms in total. The molecule has 0 aliphatic heterocycles. The van der Waals surface area contributed by atoms with E-state index in [2.05, 4.69) is 10.5 Å². The fraction of sp³-hybridized carbons (Fsp3) is 0.444. The minimum atomic E-state index is -1.11. The van der Waals surface area contributed by atoms with Crippen molar-refractivity contribution < 1.29 is 19.2 Å². The highest BCUT2D eigenvalue weighted by atomic mass is 16.5. The lowest BCUT2D eigenvalue weighted by molar-refractivity contribution is -0.119. The van der Waals surface area contributed by atoms with Gasteiger partial charge >= 0.3 is 5.97 Å². The average molecular weight is 212 g/mol. The molecule has 0 fully saturated rings. The molecule has 1 rings (SSSR count). The Bertz CT molecular complexity index is 397. The molecule has 2 N–H and O–H groups in total. The summed E-state index contributed by atoms with van der Waals surface area (Å²) in [6.07, 6.45) is 0. The van der Waals surface area contributed by atoms with Crippen LogP contribution in [0.2, 0.25) is 0 Å². The molecule has 15 heavy (non-hydrogen) atoms. The standard InChI is InChI=1S/C9H12N2O4/c1-4-7(9(13)14)8(15-11-4)5(2)10-6(3)12/h5H,1-3H3,(H,10,12)(H,13,14). The van der Waals surface area contributed by atoms with Crippen LogP contribution >= 0.6 is 0 Å². The molecule has 0 bridgehead atoms. The lowest BCUT2D eigenvalue weighted by atomic mass is 10.1.